The highest BCUT2D eigenvalue weighted by atomic mass is 32.1. The molecule has 3 amide bonds. The summed E-state index contributed by atoms with van der Waals surface area (Å²) < 4.78 is 1.45. The largest absolute Gasteiger partial charge is 0.325 e. The van der Waals surface area contributed by atoms with Crippen molar-refractivity contribution in [1.29, 1.82) is 0 Å². The third kappa shape index (κ3) is 2.89. The summed E-state index contributed by atoms with van der Waals surface area (Å²) in [6, 6.07) is 9.80. The zero-order valence-electron chi connectivity index (χ0n) is 14.2. The highest BCUT2D eigenvalue weighted by Crippen LogP contribution is 2.30. The lowest BCUT2D eigenvalue weighted by Gasteiger charge is -2.22. The molecule has 0 radical (unpaired) electrons. The van der Waals surface area contributed by atoms with Gasteiger partial charge in [-0.15, -0.1) is 16.4 Å². The summed E-state index contributed by atoms with van der Waals surface area (Å²) in [7, 11) is 0. The quantitative estimate of drug-likeness (QED) is 0.527. The number of amides is 3. The first-order valence-electron chi connectivity index (χ1n) is 8.04. The Kier molecular flexibility index (Phi) is 4.04. The molecule has 1 atom stereocenters. The monoisotopic (exact) mass is 382 g/mol. The summed E-state index contributed by atoms with van der Waals surface area (Å²) in [5, 5.41) is 15.5. The molecule has 1 fully saturated rings. The molecule has 0 aliphatic carbocycles. The SMILES string of the molecule is C[C@]1(c2cccc(-n3cnnn3)c2)NC(=O)N(CC(=O)c2cccs2)C1=O. The van der Waals surface area contributed by atoms with Crippen molar-refractivity contribution in [3.8, 4) is 5.69 Å². The fourth-order valence-corrected chi connectivity index (χ4v) is 3.59. The number of carbonyl (C=O) groups is 3. The number of Topliss-reactive ketones (excluding diaryl/α,β-unsaturated/α-hetero) is 1. The zero-order chi connectivity index (χ0) is 19.0. The highest BCUT2D eigenvalue weighted by Gasteiger charge is 2.49. The summed E-state index contributed by atoms with van der Waals surface area (Å²) >= 11 is 1.27. The van der Waals surface area contributed by atoms with E-state index in [1.807, 2.05) is 0 Å². The van der Waals surface area contributed by atoms with Gasteiger partial charge in [0.15, 0.2) is 5.78 Å². The Morgan fingerprint density at radius 2 is 2.11 bits per heavy atom. The predicted octanol–water partition coefficient (Wildman–Crippen LogP) is 1.37. The van der Waals surface area contributed by atoms with Gasteiger partial charge >= 0.3 is 6.03 Å². The van der Waals surface area contributed by atoms with Crippen LogP contribution in [-0.4, -0.2) is 49.4 Å². The van der Waals surface area contributed by atoms with E-state index in [9.17, 15) is 14.4 Å². The van der Waals surface area contributed by atoms with Gasteiger partial charge in [0.2, 0.25) is 0 Å². The number of aromatic nitrogens is 4. The van der Waals surface area contributed by atoms with Crippen LogP contribution in [0.3, 0.4) is 0 Å². The lowest BCUT2D eigenvalue weighted by molar-refractivity contribution is -0.130. The molecule has 27 heavy (non-hydrogen) atoms. The van der Waals surface area contributed by atoms with Gasteiger partial charge in [-0.25, -0.2) is 9.48 Å². The van der Waals surface area contributed by atoms with Crippen LogP contribution in [0, 0.1) is 0 Å². The molecule has 0 spiro atoms. The van der Waals surface area contributed by atoms with E-state index in [2.05, 4.69) is 20.8 Å². The molecular weight excluding hydrogens is 368 g/mol. The van der Waals surface area contributed by atoms with Gasteiger partial charge < -0.3 is 5.32 Å². The first-order chi connectivity index (χ1) is 13.0. The third-order valence-electron chi connectivity index (χ3n) is 4.41. The minimum Gasteiger partial charge on any atom is -0.319 e. The second-order valence-corrected chi connectivity index (χ2v) is 7.10. The summed E-state index contributed by atoms with van der Waals surface area (Å²) in [6.07, 6.45) is 1.43. The number of imide groups is 1. The van der Waals surface area contributed by atoms with Crippen molar-refractivity contribution in [2.75, 3.05) is 6.54 Å². The van der Waals surface area contributed by atoms with Crippen LogP contribution in [0.5, 0.6) is 0 Å². The third-order valence-corrected chi connectivity index (χ3v) is 5.32. The standard InChI is InChI=1S/C17H14N6O3S/c1-17(11-4-2-5-12(8-11)23-10-18-20-21-23)15(25)22(16(26)19-17)9-13(24)14-6-3-7-27-14/h2-8,10H,9H2,1H3,(H,19,26)/t17-/m1/s1. The number of hydrogen-bond donors (Lipinski definition) is 1. The molecule has 3 heterocycles. The molecule has 1 aromatic carbocycles. The topological polar surface area (TPSA) is 110 Å². The summed E-state index contributed by atoms with van der Waals surface area (Å²) in [6.45, 7) is 1.31. The molecule has 136 valence electrons. The number of benzene rings is 1. The van der Waals surface area contributed by atoms with Gasteiger partial charge in [-0.3, -0.25) is 14.5 Å². The summed E-state index contributed by atoms with van der Waals surface area (Å²) in [5.41, 5.74) is -0.0644. The van der Waals surface area contributed by atoms with Crippen LogP contribution in [-0.2, 0) is 10.3 Å². The van der Waals surface area contributed by atoms with Crippen LogP contribution >= 0.6 is 11.3 Å². The number of nitrogens with zero attached hydrogens (tertiary/aromatic N) is 5. The number of nitrogens with one attached hydrogen (secondary N) is 1. The molecule has 1 saturated heterocycles. The van der Waals surface area contributed by atoms with Gasteiger partial charge in [0.25, 0.3) is 5.91 Å². The second kappa shape index (κ2) is 6.40. The summed E-state index contributed by atoms with van der Waals surface area (Å²) in [5.74, 6) is -0.758. The van der Waals surface area contributed by atoms with Gasteiger partial charge in [0, 0.05) is 0 Å². The van der Waals surface area contributed by atoms with Crippen molar-refractivity contribution < 1.29 is 14.4 Å². The Morgan fingerprint density at radius 1 is 1.26 bits per heavy atom. The Balaban J connectivity index is 1.62. The van der Waals surface area contributed by atoms with E-state index in [0.717, 1.165) is 4.90 Å². The van der Waals surface area contributed by atoms with Crippen LogP contribution in [0.15, 0.2) is 48.1 Å². The van der Waals surface area contributed by atoms with Crippen LogP contribution in [0.1, 0.15) is 22.2 Å². The van der Waals surface area contributed by atoms with Crippen molar-refractivity contribution in [2.45, 2.75) is 12.5 Å². The fourth-order valence-electron chi connectivity index (χ4n) is 2.93. The maximum absolute atomic E-state index is 13.0. The average Bonchev–Trinajstić information content (AvgIpc) is 3.41. The van der Waals surface area contributed by atoms with Gasteiger partial charge in [-0.2, -0.15) is 0 Å². The average molecular weight is 382 g/mol. The number of carbonyl (C=O) groups excluding carboxylic acids is 3. The molecule has 1 aliphatic heterocycles. The molecule has 1 N–H and O–H groups in total. The van der Waals surface area contributed by atoms with E-state index in [4.69, 9.17) is 0 Å². The Bertz CT molecular complexity index is 1020. The van der Waals surface area contributed by atoms with Crippen LogP contribution in [0.2, 0.25) is 0 Å². The van der Waals surface area contributed by atoms with Gasteiger partial charge in [-0.1, -0.05) is 18.2 Å². The van der Waals surface area contributed by atoms with Crippen LogP contribution < -0.4 is 5.32 Å². The normalized spacial score (nSPS) is 19.4. The lowest BCUT2D eigenvalue weighted by atomic mass is 9.91. The number of rotatable bonds is 5. The minimum atomic E-state index is -1.28. The maximum atomic E-state index is 13.0. The minimum absolute atomic E-state index is 0.278. The van der Waals surface area contributed by atoms with Crippen molar-refractivity contribution in [3.05, 3.63) is 58.5 Å². The highest BCUT2D eigenvalue weighted by molar-refractivity contribution is 7.12. The second-order valence-electron chi connectivity index (χ2n) is 6.15. The molecule has 0 bridgehead atoms. The zero-order valence-corrected chi connectivity index (χ0v) is 15.0. The molecule has 4 rings (SSSR count). The number of thiophene rings is 1. The maximum Gasteiger partial charge on any atom is 0.325 e. The van der Waals surface area contributed by atoms with Crippen LogP contribution in [0.4, 0.5) is 4.79 Å². The first-order valence-corrected chi connectivity index (χ1v) is 8.92. The molecule has 0 saturated carbocycles. The molecule has 1 aliphatic rings. The molecule has 0 unspecified atom stereocenters. The van der Waals surface area contributed by atoms with E-state index in [1.54, 1.807) is 48.7 Å². The molecule has 9 nitrogen and oxygen atoms in total. The lowest BCUT2D eigenvalue weighted by Crippen LogP contribution is -2.41. The van der Waals surface area contributed by atoms with Crippen molar-refractivity contribution in [2.24, 2.45) is 0 Å². The van der Waals surface area contributed by atoms with Gasteiger partial charge in [0.05, 0.1) is 17.1 Å². The molecule has 10 heteroatoms. The first kappa shape index (κ1) is 17.0. The molecule has 2 aromatic heterocycles. The number of ketones is 1. The van der Waals surface area contributed by atoms with E-state index in [-0.39, 0.29) is 12.3 Å². The van der Waals surface area contributed by atoms with Crippen molar-refractivity contribution >= 4 is 29.1 Å². The number of hydrogen-bond acceptors (Lipinski definition) is 7. The van der Waals surface area contributed by atoms with E-state index < -0.39 is 17.5 Å². The Morgan fingerprint density at radius 3 is 2.81 bits per heavy atom. The Labute approximate surface area is 157 Å². The number of tetrazole rings is 1. The van der Waals surface area contributed by atoms with Crippen molar-refractivity contribution in [3.63, 3.8) is 0 Å². The van der Waals surface area contributed by atoms with E-state index >= 15 is 0 Å². The van der Waals surface area contributed by atoms with Crippen molar-refractivity contribution in [1.82, 2.24) is 30.4 Å². The van der Waals surface area contributed by atoms with Crippen LogP contribution in [0.25, 0.3) is 5.69 Å². The van der Waals surface area contributed by atoms with E-state index in [1.165, 1.54) is 22.3 Å². The molecule has 3 aromatic rings. The van der Waals surface area contributed by atoms with Gasteiger partial charge in [-0.05, 0) is 46.5 Å². The summed E-state index contributed by atoms with van der Waals surface area (Å²) in [4.78, 5) is 39.2. The van der Waals surface area contributed by atoms with E-state index in [0.29, 0.717) is 16.1 Å². The molecular formula is C17H14N6O3S. The predicted molar refractivity (Wildman–Crippen MR) is 95.4 cm³/mol. The number of urea groups is 1. The Hall–Kier alpha value is -3.40. The van der Waals surface area contributed by atoms with Gasteiger partial charge in [0.1, 0.15) is 11.9 Å². The smallest absolute Gasteiger partial charge is 0.319 e. The fraction of sp³-hybridized carbons (Fsp3) is 0.176.